The fraction of sp³-hybridized carbons (Fsp3) is 0.100. The van der Waals surface area contributed by atoms with Crippen LogP contribution in [-0.4, -0.2) is 8.42 Å². The molecular weight excluding hydrogens is 375 g/mol. The SMILES string of the molecule is Cc1cccc(N(Cc2ccc(F)cc2F)S(=O)(=O)c2ccccc2F)c1. The summed E-state index contributed by atoms with van der Waals surface area (Å²) in [6.07, 6.45) is 0. The lowest BCUT2D eigenvalue weighted by molar-refractivity contribution is 0.559. The molecule has 3 rings (SSSR count). The van der Waals surface area contributed by atoms with E-state index >= 15 is 0 Å². The molecule has 0 aliphatic rings. The maximum atomic E-state index is 14.2. The molecule has 0 radical (unpaired) electrons. The van der Waals surface area contributed by atoms with Crippen LogP contribution in [0.2, 0.25) is 0 Å². The van der Waals surface area contributed by atoms with Crippen LogP contribution in [0.15, 0.2) is 71.6 Å². The van der Waals surface area contributed by atoms with Gasteiger partial charge in [-0.05, 0) is 42.8 Å². The second-order valence-corrected chi connectivity index (χ2v) is 7.85. The second-order valence-electron chi connectivity index (χ2n) is 6.02. The third-order valence-corrected chi connectivity index (χ3v) is 5.83. The van der Waals surface area contributed by atoms with Gasteiger partial charge in [-0.3, -0.25) is 4.31 Å². The van der Waals surface area contributed by atoms with E-state index in [1.165, 1.54) is 24.3 Å². The molecule has 0 N–H and O–H groups in total. The van der Waals surface area contributed by atoms with Gasteiger partial charge in [0, 0.05) is 11.6 Å². The standard InChI is InChI=1S/C20H16F3NO2S/c1-14-5-4-6-17(11-14)24(13-15-9-10-16(21)12-19(15)23)27(25,26)20-8-3-2-7-18(20)22/h2-12H,13H2,1H3. The van der Waals surface area contributed by atoms with Crippen molar-refractivity contribution in [3.8, 4) is 0 Å². The van der Waals surface area contributed by atoms with E-state index in [4.69, 9.17) is 0 Å². The lowest BCUT2D eigenvalue weighted by Crippen LogP contribution is -2.31. The fourth-order valence-electron chi connectivity index (χ4n) is 2.68. The van der Waals surface area contributed by atoms with Crippen LogP contribution in [0.25, 0.3) is 0 Å². The Bertz CT molecular complexity index is 1080. The van der Waals surface area contributed by atoms with Crippen LogP contribution in [0.3, 0.4) is 0 Å². The number of rotatable bonds is 5. The van der Waals surface area contributed by atoms with E-state index in [9.17, 15) is 21.6 Å². The van der Waals surface area contributed by atoms with Crippen molar-refractivity contribution in [2.24, 2.45) is 0 Å². The highest BCUT2D eigenvalue weighted by atomic mass is 32.2. The van der Waals surface area contributed by atoms with E-state index in [1.807, 2.05) is 0 Å². The lowest BCUT2D eigenvalue weighted by Gasteiger charge is -2.25. The van der Waals surface area contributed by atoms with Crippen LogP contribution in [-0.2, 0) is 16.6 Å². The van der Waals surface area contributed by atoms with E-state index in [0.717, 1.165) is 28.1 Å². The summed E-state index contributed by atoms with van der Waals surface area (Å²) >= 11 is 0. The number of hydrogen-bond donors (Lipinski definition) is 0. The molecule has 0 amide bonds. The van der Waals surface area contributed by atoms with Gasteiger partial charge in [0.1, 0.15) is 22.3 Å². The molecule has 0 aliphatic carbocycles. The Kier molecular flexibility index (Phi) is 5.23. The zero-order chi connectivity index (χ0) is 19.6. The average molecular weight is 391 g/mol. The van der Waals surface area contributed by atoms with Crippen molar-refractivity contribution in [2.75, 3.05) is 4.31 Å². The molecule has 3 nitrogen and oxygen atoms in total. The minimum Gasteiger partial charge on any atom is -0.262 e. The summed E-state index contributed by atoms with van der Waals surface area (Å²) in [6, 6.07) is 14.4. The van der Waals surface area contributed by atoms with Gasteiger partial charge < -0.3 is 0 Å². The van der Waals surface area contributed by atoms with Crippen molar-refractivity contribution in [3.63, 3.8) is 0 Å². The molecule has 0 aliphatic heterocycles. The van der Waals surface area contributed by atoms with E-state index < -0.39 is 38.9 Å². The molecule has 27 heavy (non-hydrogen) atoms. The topological polar surface area (TPSA) is 37.4 Å². The Labute approximate surface area is 155 Å². The number of sulfonamides is 1. The zero-order valence-electron chi connectivity index (χ0n) is 14.4. The molecule has 0 fully saturated rings. The van der Waals surface area contributed by atoms with Crippen LogP contribution < -0.4 is 4.31 Å². The number of hydrogen-bond acceptors (Lipinski definition) is 2. The molecule has 0 aromatic heterocycles. The first-order chi connectivity index (χ1) is 12.8. The normalized spacial score (nSPS) is 11.4. The highest BCUT2D eigenvalue weighted by molar-refractivity contribution is 7.92. The van der Waals surface area contributed by atoms with Gasteiger partial charge in [-0.25, -0.2) is 21.6 Å². The van der Waals surface area contributed by atoms with Crippen LogP contribution in [0.1, 0.15) is 11.1 Å². The fourth-order valence-corrected chi connectivity index (χ4v) is 4.18. The molecule has 0 saturated carbocycles. The summed E-state index contributed by atoms with van der Waals surface area (Å²) in [5.74, 6) is -2.55. The average Bonchev–Trinajstić information content (AvgIpc) is 2.61. The summed E-state index contributed by atoms with van der Waals surface area (Å²) in [5.41, 5.74) is 1.00. The quantitative estimate of drug-likeness (QED) is 0.626. The maximum absolute atomic E-state index is 14.2. The highest BCUT2D eigenvalue weighted by Gasteiger charge is 2.28. The van der Waals surface area contributed by atoms with Crippen molar-refractivity contribution in [2.45, 2.75) is 18.4 Å². The summed E-state index contributed by atoms with van der Waals surface area (Å²) in [4.78, 5) is -0.519. The minimum absolute atomic E-state index is 0.0298. The van der Waals surface area contributed by atoms with Gasteiger partial charge in [0.25, 0.3) is 10.0 Å². The predicted octanol–water partition coefficient (Wildman–Crippen LogP) is 4.81. The molecule has 0 atom stereocenters. The third kappa shape index (κ3) is 3.98. The monoisotopic (exact) mass is 391 g/mol. The smallest absolute Gasteiger partial charge is 0.262 e. The summed E-state index contributed by atoms with van der Waals surface area (Å²) in [6.45, 7) is 1.36. The number of halogens is 3. The third-order valence-electron chi connectivity index (χ3n) is 4.02. The Morgan fingerprint density at radius 2 is 1.59 bits per heavy atom. The lowest BCUT2D eigenvalue weighted by atomic mass is 10.2. The predicted molar refractivity (Wildman–Crippen MR) is 97.3 cm³/mol. The summed E-state index contributed by atoms with van der Waals surface area (Å²) in [5, 5.41) is 0. The maximum Gasteiger partial charge on any atom is 0.267 e. The zero-order valence-corrected chi connectivity index (χ0v) is 15.2. The van der Waals surface area contributed by atoms with Crippen LogP contribution in [0, 0.1) is 24.4 Å². The van der Waals surface area contributed by atoms with Crippen molar-refractivity contribution >= 4 is 15.7 Å². The molecule has 7 heteroatoms. The van der Waals surface area contributed by atoms with Crippen LogP contribution in [0.5, 0.6) is 0 Å². The Morgan fingerprint density at radius 1 is 0.852 bits per heavy atom. The first-order valence-corrected chi connectivity index (χ1v) is 9.51. The highest BCUT2D eigenvalue weighted by Crippen LogP contribution is 2.28. The first-order valence-electron chi connectivity index (χ1n) is 8.07. The van der Waals surface area contributed by atoms with E-state index in [1.54, 1.807) is 25.1 Å². The molecule has 0 saturated heterocycles. The number of anilines is 1. The van der Waals surface area contributed by atoms with Gasteiger partial charge in [0.15, 0.2) is 0 Å². The molecular formula is C20H16F3NO2S. The number of nitrogens with zero attached hydrogens (tertiary/aromatic N) is 1. The molecule has 3 aromatic rings. The van der Waals surface area contributed by atoms with Gasteiger partial charge in [-0.1, -0.05) is 30.3 Å². The molecule has 0 heterocycles. The summed E-state index contributed by atoms with van der Waals surface area (Å²) < 4.78 is 68.7. The van der Waals surface area contributed by atoms with Gasteiger partial charge in [0.2, 0.25) is 0 Å². The van der Waals surface area contributed by atoms with Gasteiger partial charge in [0.05, 0.1) is 12.2 Å². The molecule has 0 spiro atoms. The molecule has 3 aromatic carbocycles. The van der Waals surface area contributed by atoms with Crippen LogP contribution in [0.4, 0.5) is 18.9 Å². The van der Waals surface area contributed by atoms with Gasteiger partial charge in [-0.2, -0.15) is 0 Å². The molecule has 0 unspecified atom stereocenters. The molecule has 0 bridgehead atoms. The van der Waals surface area contributed by atoms with E-state index in [-0.39, 0.29) is 11.3 Å². The summed E-state index contributed by atoms with van der Waals surface area (Å²) in [7, 11) is -4.33. The Morgan fingerprint density at radius 3 is 2.26 bits per heavy atom. The Balaban J connectivity index is 2.14. The van der Waals surface area contributed by atoms with Crippen molar-refractivity contribution < 1.29 is 21.6 Å². The second kappa shape index (κ2) is 7.44. The van der Waals surface area contributed by atoms with Gasteiger partial charge in [-0.15, -0.1) is 0 Å². The Hall–Kier alpha value is -2.80. The van der Waals surface area contributed by atoms with Crippen molar-refractivity contribution in [1.29, 1.82) is 0 Å². The first kappa shape index (κ1) is 19.0. The van der Waals surface area contributed by atoms with E-state index in [0.29, 0.717) is 6.07 Å². The number of benzene rings is 3. The van der Waals surface area contributed by atoms with Gasteiger partial charge >= 0.3 is 0 Å². The minimum atomic E-state index is -4.33. The largest absolute Gasteiger partial charge is 0.267 e. The van der Waals surface area contributed by atoms with Crippen LogP contribution >= 0.6 is 0 Å². The van der Waals surface area contributed by atoms with E-state index in [2.05, 4.69) is 0 Å². The van der Waals surface area contributed by atoms with Crippen molar-refractivity contribution in [1.82, 2.24) is 0 Å². The molecule has 140 valence electrons. The number of aryl methyl sites for hydroxylation is 1. The van der Waals surface area contributed by atoms with Crippen molar-refractivity contribution in [3.05, 3.63) is 95.3 Å².